The van der Waals surface area contributed by atoms with E-state index in [2.05, 4.69) is 0 Å². The number of rotatable bonds is 5. The Kier molecular flexibility index (Phi) is 7.05. The summed E-state index contributed by atoms with van der Waals surface area (Å²) in [5.41, 5.74) is 6.51. The first-order valence-corrected chi connectivity index (χ1v) is 4.89. The van der Waals surface area contributed by atoms with Gasteiger partial charge in [-0.15, -0.1) is 12.4 Å². The normalized spacial score (nSPS) is 11.8. The highest BCUT2D eigenvalue weighted by Crippen LogP contribution is 2.26. The van der Waals surface area contributed by atoms with E-state index < -0.39 is 0 Å². The van der Waals surface area contributed by atoms with Gasteiger partial charge in [0.25, 0.3) is 0 Å². The van der Waals surface area contributed by atoms with Crippen LogP contribution in [-0.4, -0.2) is 18.8 Å². The van der Waals surface area contributed by atoms with Crippen molar-refractivity contribution in [1.29, 1.82) is 0 Å². The molecule has 0 fully saturated rings. The molecule has 0 aliphatic rings. The Balaban J connectivity index is 0.00000225. The minimum Gasteiger partial charge on any atom is -0.496 e. The van der Waals surface area contributed by atoms with E-state index in [9.17, 15) is 4.39 Å². The van der Waals surface area contributed by atoms with Gasteiger partial charge in [-0.25, -0.2) is 4.39 Å². The number of methoxy groups -OCH3 is 1. The zero-order valence-corrected chi connectivity index (χ0v) is 9.97. The lowest BCUT2D eigenvalue weighted by molar-refractivity contribution is 0.279. The van der Waals surface area contributed by atoms with Crippen molar-refractivity contribution < 1.29 is 14.2 Å². The van der Waals surface area contributed by atoms with Gasteiger partial charge in [0.05, 0.1) is 7.11 Å². The van der Waals surface area contributed by atoms with E-state index in [4.69, 9.17) is 15.6 Å². The van der Waals surface area contributed by atoms with E-state index in [1.807, 2.05) is 0 Å². The van der Waals surface area contributed by atoms with Gasteiger partial charge in [-0.05, 0) is 31.0 Å². The zero-order valence-electron chi connectivity index (χ0n) is 9.15. The number of aliphatic hydroxyl groups excluding tert-OH is 1. The Morgan fingerprint density at radius 2 is 2.19 bits per heavy atom. The van der Waals surface area contributed by atoms with E-state index in [1.165, 1.54) is 19.2 Å². The van der Waals surface area contributed by atoms with Gasteiger partial charge in [-0.2, -0.15) is 0 Å². The van der Waals surface area contributed by atoms with Crippen LogP contribution in [0.15, 0.2) is 18.2 Å². The molecule has 0 heterocycles. The SMILES string of the molecule is COc1ccc(F)cc1[C@@H](N)CCCO.Cl. The summed E-state index contributed by atoms with van der Waals surface area (Å²) in [4.78, 5) is 0. The Labute approximate surface area is 101 Å². The second kappa shape index (κ2) is 7.44. The summed E-state index contributed by atoms with van der Waals surface area (Å²) in [5, 5.41) is 8.68. The molecule has 0 aliphatic carbocycles. The summed E-state index contributed by atoms with van der Waals surface area (Å²) < 4.78 is 18.1. The molecule has 0 aromatic heterocycles. The van der Waals surface area contributed by atoms with Crippen LogP contribution in [0, 0.1) is 5.82 Å². The summed E-state index contributed by atoms with van der Waals surface area (Å²) in [6, 6.07) is 3.97. The maximum Gasteiger partial charge on any atom is 0.123 e. The molecule has 0 unspecified atom stereocenters. The van der Waals surface area contributed by atoms with Crippen molar-refractivity contribution in [3.63, 3.8) is 0 Å². The van der Waals surface area contributed by atoms with Crippen LogP contribution in [0.1, 0.15) is 24.4 Å². The fourth-order valence-corrected chi connectivity index (χ4v) is 1.46. The molecule has 92 valence electrons. The largest absolute Gasteiger partial charge is 0.496 e. The van der Waals surface area contributed by atoms with Crippen molar-refractivity contribution in [2.24, 2.45) is 5.73 Å². The van der Waals surface area contributed by atoms with E-state index >= 15 is 0 Å². The molecule has 0 radical (unpaired) electrons. The fraction of sp³-hybridized carbons (Fsp3) is 0.455. The number of benzene rings is 1. The Hall–Kier alpha value is -0.840. The fourth-order valence-electron chi connectivity index (χ4n) is 1.46. The first-order chi connectivity index (χ1) is 7.19. The minimum absolute atomic E-state index is 0. The monoisotopic (exact) mass is 249 g/mol. The molecule has 1 atom stereocenters. The van der Waals surface area contributed by atoms with Gasteiger partial charge in [-0.1, -0.05) is 0 Å². The third kappa shape index (κ3) is 3.96. The van der Waals surface area contributed by atoms with Crippen LogP contribution >= 0.6 is 12.4 Å². The third-order valence-corrected chi connectivity index (χ3v) is 2.26. The van der Waals surface area contributed by atoms with Crippen molar-refractivity contribution in [2.75, 3.05) is 13.7 Å². The smallest absolute Gasteiger partial charge is 0.123 e. The molecule has 1 aromatic carbocycles. The van der Waals surface area contributed by atoms with Crippen LogP contribution in [0.5, 0.6) is 5.75 Å². The number of hydrogen-bond acceptors (Lipinski definition) is 3. The van der Waals surface area contributed by atoms with E-state index in [0.717, 1.165) is 0 Å². The van der Waals surface area contributed by atoms with Crippen LogP contribution in [-0.2, 0) is 0 Å². The summed E-state index contributed by atoms with van der Waals surface area (Å²) in [6.45, 7) is 0.0886. The van der Waals surface area contributed by atoms with Crippen LogP contribution in [0.3, 0.4) is 0 Å². The predicted molar refractivity (Wildman–Crippen MR) is 63.4 cm³/mol. The number of aliphatic hydroxyl groups is 1. The lowest BCUT2D eigenvalue weighted by Gasteiger charge is -2.15. The molecule has 3 nitrogen and oxygen atoms in total. The van der Waals surface area contributed by atoms with Crippen LogP contribution in [0.4, 0.5) is 4.39 Å². The molecule has 0 bridgehead atoms. The number of halogens is 2. The highest BCUT2D eigenvalue weighted by atomic mass is 35.5. The standard InChI is InChI=1S/C11H16FNO2.ClH/c1-15-11-5-4-8(12)7-9(11)10(13)3-2-6-14;/h4-5,7,10,14H,2-3,6,13H2,1H3;1H/t10-;/m0./s1. The van der Waals surface area contributed by atoms with Crippen LogP contribution in [0.25, 0.3) is 0 Å². The van der Waals surface area contributed by atoms with Crippen molar-refractivity contribution in [1.82, 2.24) is 0 Å². The predicted octanol–water partition coefficient (Wildman–Crippen LogP) is 2.03. The molecule has 0 saturated carbocycles. The summed E-state index contributed by atoms with van der Waals surface area (Å²) in [7, 11) is 1.52. The first kappa shape index (κ1) is 15.2. The second-order valence-corrected chi connectivity index (χ2v) is 3.36. The van der Waals surface area contributed by atoms with Crippen molar-refractivity contribution >= 4 is 12.4 Å². The third-order valence-electron chi connectivity index (χ3n) is 2.26. The number of nitrogens with two attached hydrogens (primary N) is 1. The van der Waals surface area contributed by atoms with Crippen molar-refractivity contribution in [2.45, 2.75) is 18.9 Å². The van der Waals surface area contributed by atoms with Crippen LogP contribution in [0.2, 0.25) is 0 Å². The topological polar surface area (TPSA) is 55.5 Å². The van der Waals surface area contributed by atoms with E-state index in [1.54, 1.807) is 6.07 Å². The molecule has 1 aromatic rings. The summed E-state index contributed by atoms with van der Waals surface area (Å²) in [5.74, 6) is 0.257. The van der Waals surface area contributed by atoms with Gasteiger partial charge >= 0.3 is 0 Å². The van der Waals surface area contributed by atoms with E-state index in [-0.39, 0.29) is 30.9 Å². The van der Waals surface area contributed by atoms with Crippen molar-refractivity contribution in [3.05, 3.63) is 29.6 Å². The summed E-state index contributed by atoms with van der Waals surface area (Å²) >= 11 is 0. The number of hydrogen-bond donors (Lipinski definition) is 2. The first-order valence-electron chi connectivity index (χ1n) is 4.89. The molecule has 1 rings (SSSR count). The van der Waals surface area contributed by atoms with Gasteiger partial charge in [0.2, 0.25) is 0 Å². The lowest BCUT2D eigenvalue weighted by atomic mass is 10.0. The molecule has 0 saturated heterocycles. The molecular formula is C11H17ClFNO2. The van der Waals surface area contributed by atoms with E-state index in [0.29, 0.717) is 24.2 Å². The molecule has 5 heteroatoms. The lowest BCUT2D eigenvalue weighted by Crippen LogP contribution is -2.12. The highest BCUT2D eigenvalue weighted by Gasteiger charge is 2.12. The van der Waals surface area contributed by atoms with Gasteiger partial charge in [0.15, 0.2) is 0 Å². The zero-order chi connectivity index (χ0) is 11.3. The Bertz CT molecular complexity index is 323. The van der Waals surface area contributed by atoms with Crippen molar-refractivity contribution in [3.8, 4) is 5.75 Å². The molecule has 3 N–H and O–H groups in total. The Morgan fingerprint density at radius 1 is 1.50 bits per heavy atom. The summed E-state index contributed by atoms with van der Waals surface area (Å²) in [6.07, 6.45) is 1.21. The molecular weight excluding hydrogens is 233 g/mol. The Morgan fingerprint density at radius 3 is 2.75 bits per heavy atom. The average molecular weight is 250 g/mol. The van der Waals surface area contributed by atoms with Gasteiger partial charge in [-0.3, -0.25) is 0 Å². The highest BCUT2D eigenvalue weighted by molar-refractivity contribution is 5.85. The second-order valence-electron chi connectivity index (χ2n) is 3.36. The molecule has 0 spiro atoms. The minimum atomic E-state index is -0.328. The van der Waals surface area contributed by atoms with Gasteiger partial charge in [0, 0.05) is 18.2 Å². The van der Waals surface area contributed by atoms with Gasteiger partial charge in [0.1, 0.15) is 11.6 Å². The van der Waals surface area contributed by atoms with Gasteiger partial charge < -0.3 is 15.6 Å². The molecule has 16 heavy (non-hydrogen) atoms. The molecule has 0 amide bonds. The van der Waals surface area contributed by atoms with Crippen LogP contribution < -0.4 is 10.5 Å². The maximum absolute atomic E-state index is 13.0. The molecule has 0 aliphatic heterocycles. The maximum atomic E-state index is 13.0. The number of ether oxygens (including phenoxy) is 1. The quantitative estimate of drug-likeness (QED) is 0.840. The average Bonchev–Trinajstić information content (AvgIpc) is 2.25.